The average Bonchev–Trinajstić information content (AvgIpc) is 3.04. The van der Waals surface area contributed by atoms with Crippen LogP contribution in [0.5, 0.6) is 0 Å². The molecule has 6 nitrogen and oxygen atoms in total. The van der Waals surface area contributed by atoms with Crippen LogP contribution in [0.25, 0.3) is 0 Å². The Kier molecular flexibility index (Phi) is 5.16. The summed E-state index contributed by atoms with van der Waals surface area (Å²) in [5.41, 5.74) is 5.81. The van der Waals surface area contributed by atoms with E-state index in [0.717, 1.165) is 50.1 Å². The Hall–Kier alpha value is -2.34. The lowest BCUT2D eigenvalue weighted by atomic mass is 9.95. The molecule has 0 bridgehead atoms. The van der Waals surface area contributed by atoms with Crippen molar-refractivity contribution < 1.29 is 9.53 Å². The largest absolute Gasteiger partial charge is 0.376 e. The first-order chi connectivity index (χ1) is 13.1. The number of nitrogens with one attached hydrogen (secondary N) is 1. The average molecular weight is 368 g/mol. The third-order valence-electron chi connectivity index (χ3n) is 5.68. The number of nitrogens with zero attached hydrogens (tertiary/aromatic N) is 3. The zero-order valence-electron chi connectivity index (χ0n) is 16.2. The molecule has 1 unspecified atom stereocenters. The molecule has 6 heteroatoms. The smallest absolute Gasteiger partial charge is 0.318 e. The highest BCUT2D eigenvalue weighted by molar-refractivity contribution is 5.75. The Morgan fingerprint density at radius 2 is 2.11 bits per heavy atom. The van der Waals surface area contributed by atoms with Crippen LogP contribution in [0.1, 0.15) is 53.4 Å². The molecule has 1 aromatic carbocycles. The number of likely N-dealkylation sites (tertiary alicyclic amines) is 1. The number of urea groups is 1. The summed E-state index contributed by atoms with van der Waals surface area (Å²) in [7, 11) is 2.00. The van der Waals surface area contributed by atoms with Crippen molar-refractivity contribution in [3.8, 4) is 0 Å². The SMILES string of the molecule is Cc1ccc(CNC(=O)N2CCCCC2c2nn(C)c3c2COCC3)cc1. The van der Waals surface area contributed by atoms with E-state index in [0.29, 0.717) is 13.2 Å². The Balaban J connectivity index is 1.50. The van der Waals surface area contributed by atoms with Gasteiger partial charge in [-0.1, -0.05) is 29.8 Å². The minimum absolute atomic E-state index is 0.00333. The topological polar surface area (TPSA) is 59.4 Å². The van der Waals surface area contributed by atoms with Crippen LogP contribution in [0.15, 0.2) is 24.3 Å². The molecule has 0 aliphatic carbocycles. The van der Waals surface area contributed by atoms with Gasteiger partial charge in [-0.3, -0.25) is 4.68 Å². The van der Waals surface area contributed by atoms with E-state index < -0.39 is 0 Å². The van der Waals surface area contributed by atoms with Crippen LogP contribution in [0, 0.1) is 6.92 Å². The number of fused-ring (bicyclic) bond motifs is 1. The Morgan fingerprint density at radius 3 is 2.93 bits per heavy atom. The molecule has 0 saturated carbocycles. The first-order valence-corrected chi connectivity index (χ1v) is 9.86. The summed E-state index contributed by atoms with van der Waals surface area (Å²) in [4.78, 5) is 14.9. The molecule has 1 atom stereocenters. The molecular formula is C21H28N4O2. The van der Waals surface area contributed by atoms with Crippen molar-refractivity contribution in [3.63, 3.8) is 0 Å². The van der Waals surface area contributed by atoms with E-state index >= 15 is 0 Å². The summed E-state index contributed by atoms with van der Waals surface area (Å²) in [5.74, 6) is 0. The minimum atomic E-state index is -0.00333. The number of hydrogen-bond donors (Lipinski definition) is 1. The van der Waals surface area contributed by atoms with Gasteiger partial charge in [0.25, 0.3) is 0 Å². The van der Waals surface area contributed by atoms with Crippen LogP contribution in [0.4, 0.5) is 4.79 Å². The van der Waals surface area contributed by atoms with Crippen molar-refractivity contribution in [3.05, 3.63) is 52.3 Å². The summed E-state index contributed by atoms with van der Waals surface area (Å²) in [5, 5.41) is 7.89. The van der Waals surface area contributed by atoms with Crippen LogP contribution < -0.4 is 5.32 Å². The maximum Gasteiger partial charge on any atom is 0.318 e. The summed E-state index contributed by atoms with van der Waals surface area (Å²) in [6, 6.07) is 8.31. The molecule has 2 aromatic rings. The number of ether oxygens (including phenoxy) is 1. The van der Waals surface area contributed by atoms with E-state index in [1.165, 1.54) is 16.8 Å². The maximum absolute atomic E-state index is 12.9. The lowest BCUT2D eigenvalue weighted by Crippen LogP contribution is -2.44. The number of hydrogen-bond acceptors (Lipinski definition) is 3. The molecule has 2 aliphatic rings. The summed E-state index contributed by atoms with van der Waals surface area (Å²) in [6.45, 7) is 4.74. The molecule has 1 fully saturated rings. The predicted octanol–water partition coefficient (Wildman–Crippen LogP) is 3.24. The van der Waals surface area contributed by atoms with Gasteiger partial charge >= 0.3 is 6.03 Å². The van der Waals surface area contributed by atoms with Crippen molar-refractivity contribution in [2.75, 3.05) is 13.2 Å². The summed E-state index contributed by atoms with van der Waals surface area (Å²) >= 11 is 0. The van der Waals surface area contributed by atoms with Crippen LogP contribution in [-0.2, 0) is 31.4 Å². The van der Waals surface area contributed by atoms with Gasteiger partial charge in [-0.2, -0.15) is 5.10 Å². The fourth-order valence-corrected chi connectivity index (χ4v) is 4.15. The number of aryl methyl sites for hydroxylation is 2. The van der Waals surface area contributed by atoms with Gasteiger partial charge in [0.1, 0.15) is 0 Å². The fraction of sp³-hybridized carbons (Fsp3) is 0.524. The molecule has 1 saturated heterocycles. The zero-order valence-corrected chi connectivity index (χ0v) is 16.2. The van der Waals surface area contributed by atoms with Gasteiger partial charge in [0.2, 0.25) is 0 Å². The maximum atomic E-state index is 12.9. The Morgan fingerprint density at radius 1 is 1.30 bits per heavy atom. The number of aromatic nitrogens is 2. The number of rotatable bonds is 3. The minimum Gasteiger partial charge on any atom is -0.376 e. The lowest BCUT2D eigenvalue weighted by molar-refractivity contribution is 0.105. The molecule has 0 spiro atoms. The summed E-state index contributed by atoms with van der Waals surface area (Å²) in [6.07, 6.45) is 4.02. The van der Waals surface area contributed by atoms with Gasteiger partial charge in [0.05, 0.1) is 24.9 Å². The zero-order chi connectivity index (χ0) is 18.8. The molecule has 0 radical (unpaired) electrons. The molecule has 4 rings (SSSR count). The van der Waals surface area contributed by atoms with Crippen molar-refractivity contribution in [2.24, 2.45) is 7.05 Å². The van der Waals surface area contributed by atoms with E-state index in [2.05, 4.69) is 36.5 Å². The number of piperidine rings is 1. The fourth-order valence-electron chi connectivity index (χ4n) is 4.15. The highest BCUT2D eigenvalue weighted by atomic mass is 16.5. The first kappa shape index (κ1) is 18.0. The highest BCUT2D eigenvalue weighted by Crippen LogP contribution is 2.34. The van der Waals surface area contributed by atoms with Crippen molar-refractivity contribution in [1.29, 1.82) is 0 Å². The van der Waals surface area contributed by atoms with E-state index in [4.69, 9.17) is 9.84 Å². The quantitative estimate of drug-likeness (QED) is 0.905. The van der Waals surface area contributed by atoms with Crippen LogP contribution in [-0.4, -0.2) is 33.9 Å². The van der Waals surface area contributed by atoms with Gasteiger partial charge in [-0.05, 0) is 31.7 Å². The van der Waals surface area contributed by atoms with Gasteiger partial charge in [-0.15, -0.1) is 0 Å². The van der Waals surface area contributed by atoms with Crippen molar-refractivity contribution in [1.82, 2.24) is 20.0 Å². The second-order valence-electron chi connectivity index (χ2n) is 7.59. The second kappa shape index (κ2) is 7.72. The Bertz CT molecular complexity index is 812. The molecule has 27 heavy (non-hydrogen) atoms. The Labute approximate surface area is 160 Å². The number of carbonyl (C=O) groups is 1. The lowest BCUT2D eigenvalue weighted by Gasteiger charge is -2.35. The third-order valence-corrected chi connectivity index (χ3v) is 5.68. The van der Waals surface area contributed by atoms with E-state index in [-0.39, 0.29) is 12.1 Å². The molecule has 1 aromatic heterocycles. The normalized spacial score (nSPS) is 19.6. The van der Waals surface area contributed by atoms with E-state index in [9.17, 15) is 4.79 Å². The molecule has 2 aliphatic heterocycles. The number of benzene rings is 1. The van der Waals surface area contributed by atoms with Crippen LogP contribution in [0.3, 0.4) is 0 Å². The van der Waals surface area contributed by atoms with E-state index in [1.807, 2.05) is 16.6 Å². The standard InChI is InChI=1S/C21H28N4O2/c1-15-6-8-16(9-7-15)13-22-21(26)25-11-4-3-5-19(25)20-17-14-27-12-10-18(17)24(2)23-20/h6-9,19H,3-5,10-14H2,1-2H3,(H,22,26). The van der Waals surface area contributed by atoms with Crippen LogP contribution in [0.2, 0.25) is 0 Å². The number of amides is 2. The molecule has 3 heterocycles. The molecule has 2 amide bonds. The highest BCUT2D eigenvalue weighted by Gasteiger charge is 2.33. The molecular weight excluding hydrogens is 340 g/mol. The van der Waals surface area contributed by atoms with Gasteiger partial charge in [0, 0.05) is 37.8 Å². The summed E-state index contributed by atoms with van der Waals surface area (Å²) < 4.78 is 7.66. The third kappa shape index (κ3) is 3.72. The molecule has 1 N–H and O–H groups in total. The van der Waals surface area contributed by atoms with Crippen LogP contribution >= 0.6 is 0 Å². The van der Waals surface area contributed by atoms with Gasteiger partial charge in [-0.25, -0.2) is 4.79 Å². The van der Waals surface area contributed by atoms with Gasteiger partial charge in [0.15, 0.2) is 0 Å². The first-order valence-electron chi connectivity index (χ1n) is 9.86. The van der Waals surface area contributed by atoms with Crippen molar-refractivity contribution >= 4 is 6.03 Å². The van der Waals surface area contributed by atoms with Gasteiger partial charge < -0.3 is 15.0 Å². The van der Waals surface area contributed by atoms with Crippen molar-refractivity contribution in [2.45, 2.75) is 51.8 Å². The monoisotopic (exact) mass is 368 g/mol. The second-order valence-corrected chi connectivity index (χ2v) is 7.59. The predicted molar refractivity (Wildman–Crippen MR) is 103 cm³/mol. The molecule has 144 valence electrons. The number of carbonyl (C=O) groups excluding carboxylic acids is 1. The van der Waals surface area contributed by atoms with E-state index in [1.54, 1.807) is 0 Å².